The first-order valence-corrected chi connectivity index (χ1v) is 8.52. The molecule has 2 aromatic rings. The Hall–Kier alpha value is -3.40. The number of carboxylic acids is 1. The molecule has 0 aliphatic carbocycles. The topological polar surface area (TPSA) is 125 Å². The quantitative estimate of drug-likeness (QED) is 0.721. The van der Waals surface area contributed by atoms with Crippen LogP contribution < -0.4 is 10.4 Å². The Labute approximate surface area is 160 Å². The number of hydrogen-bond donors (Lipinski definition) is 2. The summed E-state index contributed by atoms with van der Waals surface area (Å²) in [5.41, 5.74) is -1.36. The Kier molecular flexibility index (Phi) is 5.32. The summed E-state index contributed by atoms with van der Waals surface area (Å²) in [6.45, 7) is 2.34. The van der Waals surface area contributed by atoms with Crippen LogP contribution in [0.3, 0.4) is 0 Å². The van der Waals surface area contributed by atoms with Crippen LogP contribution in [0.1, 0.15) is 33.5 Å². The van der Waals surface area contributed by atoms with Gasteiger partial charge in [0.2, 0.25) is 5.43 Å². The maximum absolute atomic E-state index is 12.9. The fourth-order valence-corrected chi connectivity index (χ4v) is 3.08. The maximum atomic E-state index is 12.9. The van der Waals surface area contributed by atoms with Crippen LogP contribution >= 0.6 is 0 Å². The molecule has 0 bridgehead atoms. The van der Waals surface area contributed by atoms with E-state index in [1.54, 1.807) is 36.3 Å². The number of hydrogen-bond acceptors (Lipinski definition) is 7. The molecule has 1 atom stereocenters. The van der Waals surface area contributed by atoms with Crippen molar-refractivity contribution in [2.24, 2.45) is 0 Å². The Morgan fingerprint density at radius 3 is 2.71 bits per heavy atom. The Bertz CT molecular complexity index is 959. The summed E-state index contributed by atoms with van der Waals surface area (Å²) in [6.07, 6.45) is 2.67. The average molecular weight is 388 g/mol. The molecule has 1 aliphatic heterocycles. The number of aromatic nitrogens is 2. The fraction of sp³-hybridized carbons (Fsp3) is 0.333. The van der Waals surface area contributed by atoms with Gasteiger partial charge in [-0.2, -0.15) is 0 Å². The molecule has 28 heavy (non-hydrogen) atoms. The van der Waals surface area contributed by atoms with Gasteiger partial charge in [-0.3, -0.25) is 24.3 Å². The predicted molar refractivity (Wildman–Crippen MR) is 97.9 cm³/mol. The van der Waals surface area contributed by atoms with Crippen LogP contribution in [0.15, 0.2) is 35.4 Å². The summed E-state index contributed by atoms with van der Waals surface area (Å²) in [4.78, 5) is 42.3. The Morgan fingerprint density at radius 1 is 1.36 bits per heavy atom. The SMILES string of the molecule is COC[C@H](C)N1CN(Cc2ccccn2)n2cc(C(=O)O)c(=O)c(O)c2C1=O. The van der Waals surface area contributed by atoms with Gasteiger partial charge in [-0.1, -0.05) is 6.07 Å². The summed E-state index contributed by atoms with van der Waals surface area (Å²) in [5, 5.41) is 21.2. The number of fused-ring (bicyclic) bond motifs is 1. The smallest absolute Gasteiger partial charge is 0.341 e. The zero-order chi connectivity index (χ0) is 20.4. The van der Waals surface area contributed by atoms with Crippen molar-refractivity contribution in [3.8, 4) is 5.75 Å². The Balaban J connectivity index is 2.14. The lowest BCUT2D eigenvalue weighted by atomic mass is 10.1. The zero-order valence-electron chi connectivity index (χ0n) is 15.4. The Morgan fingerprint density at radius 2 is 2.11 bits per heavy atom. The molecule has 2 aromatic heterocycles. The molecule has 148 valence electrons. The summed E-state index contributed by atoms with van der Waals surface area (Å²) in [6, 6.07) is 5.00. The van der Waals surface area contributed by atoms with Gasteiger partial charge in [0.15, 0.2) is 11.4 Å². The normalized spacial score (nSPS) is 14.7. The molecule has 0 unspecified atom stereocenters. The molecule has 2 N–H and O–H groups in total. The van der Waals surface area contributed by atoms with Gasteiger partial charge in [-0.25, -0.2) is 4.79 Å². The highest BCUT2D eigenvalue weighted by Crippen LogP contribution is 2.23. The first kappa shape index (κ1) is 19.4. The third kappa shape index (κ3) is 3.41. The van der Waals surface area contributed by atoms with Gasteiger partial charge in [0, 0.05) is 19.5 Å². The second-order valence-corrected chi connectivity index (χ2v) is 6.43. The van der Waals surface area contributed by atoms with Gasteiger partial charge in [-0.05, 0) is 19.1 Å². The minimum absolute atomic E-state index is 0.0916. The first-order valence-electron chi connectivity index (χ1n) is 8.52. The van der Waals surface area contributed by atoms with Gasteiger partial charge in [0.25, 0.3) is 5.91 Å². The molecule has 0 fully saturated rings. The lowest BCUT2D eigenvalue weighted by Crippen LogP contribution is -2.57. The van der Waals surface area contributed by atoms with E-state index in [0.29, 0.717) is 5.69 Å². The van der Waals surface area contributed by atoms with Crippen molar-refractivity contribution in [1.29, 1.82) is 0 Å². The van der Waals surface area contributed by atoms with Crippen molar-refractivity contribution < 1.29 is 24.5 Å². The number of aromatic hydroxyl groups is 1. The van der Waals surface area contributed by atoms with E-state index in [1.165, 1.54) is 16.7 Å². The van der Waals surface area contributed by atoms with Crippen LogP contribution in [0, 0.1) is 0 Å². The molecule has 0 saturated carbocycles. The van der Waals surface area contributed by atoms with Gasteiger partial charge >= 0.3 is 5.97 Å². The standard InChI is InChI=1S/C18H20N4O6/c1-11(9-28-2)21-10-20(7-12-5-3-4-6-19-12)22-8-13(18(26)27)15(23)16(24)14(22)17(21)25/h3-6,8,11,24H,7,9-10H2,1-2H3,(H,26,27)/t11-/m0/s1. The molecule has 3 heterocycles. The lowest BCUT2D eigenvalue weighted by Gasteiger charge is -2.41. The van der Waals surface area contributed by atoms with Crippen LogP contribution in [-0.2, 0) is 11.3 Å². The van der Waals surface area contributed by atoms with Crippen molar-refractivity contribution in [2.45, 2.75) is 19.5 Å². The summed E-state index contributed by atoms with van der Waals surface area (Å²) in [7, 11) is 1.51. The van der Waals surface area contributed by atoms with E-state index in [2.05, 4.69) is 4.98 Å². The average Bonchev–Trinajstić information content (AvgIpc) is 2.66. The minimum Gasteiger partial charge on any atom is -0.502 e. The summed E-state index contributed by atoms with van der Waals surface area (Å²) < 4.78 is 6.33. The molecule has 1 amide bonds. The molecule has 10 heteroatoms. The van der Waals surface area contributed by atoms with Crippen LogP contribution in [-0.4, -0.2) is 63.1 Å². The molecule has 10 nitrogen and oxygen atoms in total. The van der Waals surface area contributed by atoms with Gasteiger partial charge in [0.05, 0.1) is 24.9 Å². The van der Waals surface area contributed by atoms with Crippen molar-refractivity contribution in [3.63, 3.8) is 0 Å². The molecule has 0 aromatic carbocycles. The van der Waals surface area contributed by atoms with E-state index in [4.69, 9.17) is 4.74 Å². The molecule has 0 spiro atoms. The molecule has 1 aliphatic rings. The summed E-state index contributed by atoms with van der Waals surface area (Å²) in [5.74, 6) is -2.98. The fourth-order valence-electron chi connectivity index (χ4n) is 3.08. The second-order valence-electron chi connectivity index (χ2n) is 6.43. The number of carboxylic acid groups (broad SMARTS) is 1. The van der Waals surface area contributed by atoms with E-state index >= 15 is 0 Å². The molecular formula is C18H20N4O6. The van der Waals surface area contributed by atoms with Crippen molar-refractivity contribution in [3.05, 3.63) is 57.8 Å². The molecule has 3 rings (SSSR count). The number of ether oxygens (including phenoxy) is 1. The number of amides is 1. The van der Waals surface area contributed by atoms with Crippen LogP contribution in [0.2, 0.25) is 0 Å². The highest BCUT2D eigenvalue weighted by atomic mass is 16.5. The monoisotopic (exact) mass is 388 g/mol. The van der Waals surface area contributed by atoms with Crippen LogP contribution in [0.25, 0.3) is 0 Å². The van der Waals surface area contributed by atoms with E-state index in [-0.39, 0.29) is 31.6 Å². The number of carbonyl (C=O) groups is 2. The number of methoxy groups -OCH3 is 1. The van der Waals surface area contributed by atoms with Crippen LogP contribution in [0.5, 0.6) is 5.75 Å². The van der Waals surface area contributed by atoms with E-state index in [9.17, 15) is 24.6 Å². The second kappa shape index (κ2) is 7.69. The van der Waals surface area contributed by atoms with E-state index < -0.39 is 28.6 Å². The number of nitrogens with zero attached hydrogens (tertiary/aromatic N) is 4. The number of carbonyl (C=O) groups excluding carboxylic acids is 1. The van der Waals surface area contributed by atoms with Gasteiger partial charge in [0.1, 0.15) is 12.2 Å². The van der Waals surface area contributed by atoms with Crippen molar-refractivity contribution in [1.82, 2.24) is 14.6 Å². The van der Waals surface area contributed by atoms with Crippen molar-refractivity contribution >= 4 is 11.9 Å². The maximum Gasteiger partial charge on any atom is 0.341 e. The zero-order valence-corrected chi connectivity index (χ0v) is 15.4. The molecule has 0 radical (unpaired) electrons. The van der Waals surface area contributed by atoms with Gasteiger partial charge in [-0.15, -0.1) is 0 Å². The molecular weight excluding hydrogens is 368 g/mol. The lowest BCUT2D eigenvalue weighted by molar-refractivity contribution is 0.0476. The largest absolute Gasteiger partial charge is 0.502 e. The highest BCUT2D eigenvalue weighted by Gasteiger charge is 2.36. The predicted octanol–water partition coefficient (Wildman–Crippen LogP) is 0.233. The molecule has 0 saturated heterocycles. The first-order chi connectivity index (χ1) is 13.3. The number of rotatable bonds is 6. The highest BCUT2D eigenvalue weighted by molar-refractivity contribution is 5.98. The van der Waals surface area contributed by atoms with Gasteiger partial charge < -0.3 is 19.8 Å². The minimum atomic E-state index is -1.49. The number of pyridine rings is 2. The number of aromatic carboxylic acids is 1. The third-order valence-electron chi connectivity index (χ3n) is 4.49. The van der Waals surface area contributed by atoms with Crippen molar-refractivity contribution in [2.75, 3.05) is 25.4 Å². The van der Waals surface area contributed by atoms with Crippen LogP contribution in [0.4, 0.5) is 0 Å². The van der Waals surface area contributed by atoms with E-state index in [1.807, 2.05) is 0 Å². The van der Waals surface area contributed by atoms with E-state index in [0.717, 1.165) is 6.20 Å². The third-order valence-corrected chi connectivity index (χ3v) is 4.49. The summed E-state index contributed by atoms with van der Waals surface area (Å²) >= 11 is 0.